The molecule has 2 N–H and O–H groups in total. The summed E-state index contributed by atoms with van der Waals surface area (Å²) in [4.78, 5) is 25.1. The van der Waals surface area contributed by atoms with Gasteiger partial charge in [-0.1, -0.05) is 24.3 Å². The van der Waals surface area contributed by atoms with E-state index in [2.05, 4.69) is 26.3 Å². The second-order valence-corrected chi connectivity index (χ2v) is 7.82. The molecule has 5 aromatic rings. The van der Waals surface area contributed by atoms with Crippen LogP contribution in [0.1, 0.15) is 15.9 Å². The van der Waals surface area contributed by atoms with E-state index < -0.39 is 0 Å². The van der Waals surface area contributed by atoms with Crippen LogP contribution >= 0.6 is 11.8 Å². The third-order valence-electron chi connectivity index (χ3n) is 4.92. The normalized spacial score (nSPS) is 11.1. The van der Waals surface area contributed by atoms with Crippen LogP contribution in [-0.4, -0.2) is 20.9 Å². The van der Waals surface area contributed by atoms with Crippen molar-refractivity contribution in [2.24, 2.45) is 0 Å². The molecule has 3 aromatic heterocycles. The minimum absolute atomic E-state index is 0.168. The molecule has 0 saturated heterocycles. The first-order valence-electron chi connectivity index (χ1n) is 9.57. The summed E-state index contributed by atoms with van der Waals surface area (Å²) >= 11 is 1.54. The Labute approximate surface area is 177 Å². The lowest BCUT2D eigenvalue weighted by atomic mass is 10.1. The summed E-state index contributed by atoms with van der Waals surface area (Å²) in [6.45, 7) is 0. The third kappa shape index (κ3) is 3.53. The van der Waals surface area contributed by atoms with Crippen molar-refractivity contribution >= 4 is 45.2 Å². The van der Waals surface area contributed by atoms with Crippen LogP contribution in [0.2, 0.25) is 0 Å². The van der Waals surface area contributed by atoms with Gasteiger partial charge in [0.2, 0.25) is 0 Å². The fraction of sp³-hybridized carbons (Fsp3) is 0.0417. The van der Waals surface area contributed by atoms with E-state index in [0.717, 1.165) is 38.8 Å². The first kappa shape index (κ1) is 18.4. The van der Waals surface area contributed by atoms with Crippen molar-refractivity contribution in [3.05, 3.63) is 96.4 Å². The van der Waals surface area contributed by atoms with E-state index in [1.165, 1.54) is 0 Å². The molecule has 5 nitrogen and oxygen atoms in total. The molecule has 0 aliphatic rings. The van der Waals surface area contributed by atoms with E-state index in [9.17, 15) is 4.79 Å². The molecule has 0 fully saturated rings. The molecule has 146 valence electrons. The van der Waals surface area contributed by atoms with Crippen molar-refractivity contribution in [1.82, 2.24) is 15.0 Å². The van der Waals surface area contributed by atoms with Gasteiger partial charge in [0.25, 0.3) is 5.91 Å². The van der Waals surface area contributed by atoms with Gasteiger partial charge < -0.3 is 10.3 Å². The van der Waals surface area contributed by atoms with E-state index in [-0.39, 0.29) is 5.91 Å². The second-order valence-electron chi connectivity index (χ2n) is 6.85. The number of thioether (sulfide) groups is 1. The minimum Gasteiger partial charge on any atom is -0.354 e. The molecule has 6 heteroatoms. The Kier molecular flexibility index (Phi) is 4.91. The van der Waals surface area contributed by atoms with E-state index >= 15 is 0 Å². The highest BCUT2D eigenvalue weighted by atomic mass is 32.2. The molecular weight excluding hydrogens is 392 g/mol. The maximum absolute atomic E-state index is 13.2. The molecule has 0 radical (unpaired) electrons. The zero-order chi connectivity index (χ0) is 20.3. The van der Waals surface area contributed by atoms with Crippen LogP contribution in [0.15, 0.2) is 90.3 Å². The molecule has 3 heterocycles. The number of H-pyrrole nitrogens is 1. The number of benzene rings is 2. The van der Waals surface area contributed by atoms with Crippen LogP contribution in [0.25, 0.3) is 21.8 Å². The van der Waals surface area contributed by atoms with Gasteiger partial charge in [-0.2, -0.15) is 0 Å². The van der Waals surface area contributed by atoms with E-state index in [4.69, 9.17) is 0 Å². The number of nitrogens with one attached hydrogen (secondary N) is 2. The Morgan fingerprint density at radius 2 is 1.73 bits per heavy atom. The van der Waals surface area contributed by atoms with Crippen molar-refractivity contribution in [3.8, 4) is 0 Å². The molecule has 0 aliphatic carbocycles. The second kappa shape index (κ2) is 8.00. The molecule has 0 saturated carbocycles. The van der Waals surface area contributed by atoms with E-state index in [1.54, 1.807) is 36.4 Å². The maximum atomic E-state index is 13.2. The Bertz CT molecular complexity index is 1350. The van der Waals surface area contributed by atoms with Gasteiger partial charge in [0.15, 0.2) is 0 Å². The van der Waals surface area contributed by atoms with Crippen molar-refractivity contribution in [2.45, 2.75) is 10.8 Å². The molecular formula is C24H18N4OS. The van der Waals surface area contributed by atoms with Crippen LogP contribution in [0.4, 0.5) is 5.69 Å². The molecule has 0 atom stereocenters. The van der Waals surface area contributed by atoms with Crippen LogP contribution in [0.5, 0.6) is 0 Å². The lowest BCUT2D eigenvalue weighted by Gasteiger charge is -2.10. The first-order valence-corrected chi connectivity index (χ1v) is 10.6. The van der Waals surface area contributed by atoms with Crippen molar-refractivity contribution in [2.75, 3.05) is 5.32 Å². The SMILES string of the molecule is O=C(Nc1cccc2[nH]c3ccccc3c12)c1cccnc1SCc1ccncc1. The predicted octanol–water partition coefficient (Wildman–Crippen LogP) is 5.66. The number of carbonyl (C=O) groups is 1. The van der Waals surface area contributed by atoms with Crippen LogP contribution < -0.4 is 5.32 Å². The number of pyridine rings is 2. The zero-order valence-corrected chi connectivity index (χ0v) is 16.8. The molecule has 0 unspecified atom stereocenters. The molecule has 2 aromatic carbocycles. The molecule has 0 aliphatic heterocycles. The number of aromatic nitrogens is 3. The Morgan fingerprint density at radius 3 is 2.63 bits per heavy atom. The fourth-order valence-electron chi connectivity index (χ4n) is 3.51. The average molecular weight is 411 g/mol. The number of rotatable bonds is 5. The standard InChI is InChI=1S/C24H18N4OS/c29-23(18-6-4-12-26-24(18)30-15-16-10-13-25-14-11-16)28-21-9-3-8-20-22(21)17-5-1-2-7-19(17)27-20/h1-14,27H,15H2,(H,28,29). The van der Waals surface area contributed by atoms with Crippen LogP contribution in [-0.2, 0) is 5.75 Å². The molecule has 30 heavy (non-hydrogen) atoms. The van der Waals surface area contributed by atoms with Crippen LogP contribution in [0, 0.1) is 0 Å². The molecule has 1 amide bonds. The number of anilines is 1. The number of carbonyl (C=O) groups excluding carboxylic acids is 1. The number of hydrogen-bond donors (Lipinski definition) is 2. The van der Waals surface area contributed by atoms with Crippen LogP contribution in [0.3, 0.4) is 0 Å². The van der Waals surface area contributed by atoms with Gasteiger partial charge in [0, 0.05) is 46.1 Å². The summed E-state index contributed by atoms with van der Waals surface area (Å²) in [5.74, 6) is 0.552. The molecule has 0 spiro atoms. The van der Waals surface area contributed by atoms with Crippen molar-refractivity contribution in [1.29, 1.82) is 0 Å². The molecule has 0 bridgehead atoms. The summed E-state index contributed by atoms with van der Waals surface area (Å²) in [5.41, 5.74) is 4.52. The van der Waals surface area contributed by atoms with Gasteiger partial charge in [-0.15, -0.1) is 11.8 Å². The maximum Gasteiger partial charge on any atom is 0.258 e. The summed E-state index contributed by atoms with van der Waals surface area (Å²) in [7, 11) is 0. The highest BCUT2D eigenvalue weighted by Gasteiger charge is 2.16. The first-order chi connectivity index (χ1) is 14.8. The Balaban J connectivity index is 1.45. The fourth-order valence-corrected chi connectivity index (χ4v) is 4.45. The Morgan fingerprint density at radius 1 is 0.900 bits per heavy atom. The quantitative estimate of drug-likeness (QED) is 0.367. The van der Waals surface area contributed by atoms with Gasteiger partial charge in [-0.3, -0.25) is 9.78 Å². The number of aromatic amines is 1. The largest absolute Gasteiger partial charge is 0.354 e. The zero-order valence-electron chi connectivity index (χ0n) is 16.0. The molecule has 5 rings (SSSR count). The van der Waals surface area contributed by atoms with Gasteiger partial charge in [0.1, 0.15) is 5.03 Å². The number of nitrogens with zero attached hydrogens (tertiary/aromatic N) is 2. The lowest BCUT2D eigenvalue weighted by Crippen LogP contribution is -2.13. The minimum atomic E-state index is -0.168. The summed E-state index contributed by atoms with van der Waals surface area (Å²) in [5, 5.41) is 5.90. The van der Waals surface area contributed by atoms with Gasteiger partial charge >= 0.3 is 0 Å². The van der Waals surface area contributed by atoms with E-state index in [1.807, 2.05) is 54.6 Å². The monoisotopic (exact) mass is 410 g/mol. The lowest BCUT2D eigenvalue weighted by molar-refractivity contribution is 0.102. The van der Waals surface area contributed by atoms with Gasteiger partial charge in [-0.05, 0) is 48.0 Å². The topological polar surface area (TPSA) is 70.7 Å². The highest BCUT2D eigenvalue weighted by molar-refractivity contribution is 7.98. The Hall–Kier alpha value is -3.64. The van der Waals surface area contributed by atoms with Gasteiger partial charge in [-0.25, -0.2) is 4.98 Å². The number of hydrogen-bond acceptors (Lipinski definition) is 4. The number of amides is 1. The summed E-state index contributed by atoms with van der Waals surface area (Å²) < 4.78 is 0. The van der Waals surface area contributed by atoms with Gasteiger partial charge in [0.05, 0.1) is 11.3 Å². The predicted molar refractivity (Wildman–Crippen MR) is 122 cm³/mol. The number of para-hydroxylation sites is 1. The average Bonchev–Trinajstić information content (AvgIpc) is 3.18. The van der Waals surface area contributed by atoms with Crippen molar-refractivity contribution < 1.29 is 4.79 Å². The highest BCUT2D eigenvalue weighted by Crippen LogP contribution is 2.32. The summed E-state index contributed by atoms with van der Waals surface area (Å²) in [6, 6.07) is 21.5. The van der Waals surface area contributed by atoms with Crippen molar-refractivity contribution in [3.63, 3.8) is 0 Å². The smallest absolute Gasteiger partial charge is 0.258 e. The number of fused-ring (bicyclic) bond motifs is 3. The van der Waals surface area contributed by atoms with E-state index in [0.29, 0.717) is 10.6 Å². The summed E-state index contributed by atoms with van der Waals surface area (Å²) in [6.07, 6.45) is 5.25. The third-order valence-corrected chi connectivity index (χ3v) is 6.00.